The first-order valence-corrected chi connectivity index (χ1v) is 7.64. The fraction of sp³-hybridized carbons (Fsp3) is 0.769. The monoisotopic (exact) mass is 268 g/mol. The average molecular weight is 268 g/mol. The first kappa shape index (κ1) is 13.8. The standard InChI is InChI=1S/C13H24N4S/c1-4-5-16-6-8-17(9-7-16)13-15-11(2)12(18-13)10-14-3/h14H,4-10H2,1-3H3. The number of piperazine rings is 1. The van der Waals surface area contributed by atoms with Gasteiger partial charge in [-0.15, -0.1) is 11.3 Å². The minimum atomic E-state index is 0.930. The van der Waals surface area contributed by atoms with Crippen LogP contribution < -0.4 is 10.2 Å². The van der Waals surface area contributed by atoms with Crippen LogP contribution in [0.25, 0.3) is 0 Å². The van der Waals surface area contributed by atoms with Crippen LogP contribution in [-0.4, -0.2) is 49.7 Å². The van der Waals surface area contributed by atoms with Crippen molar-refractivity contribution in [1.82, 2.24) is 15.2 Å². The summed E-state index contributed by atoms with van der Waals surface area (Å²) in [4.78, 5) is 11.1. The van der Waals surface area contributed by atoms with Crippen LogP contribution in [0, 0.1) is 6.92 Å². The fourth-order valence-corrected chi connectivity index (χ4v) is 3.48. The van der Waals surface area contributed by atoms with Crippen LogP contribution in [0.2, 0.25) is 0 Å². The van der Waals surface area contributed by atoms with Crippen LogP contribution in [0.4, 0.5) is 5.13 Å². The second-order valence-electron chi connectivity index (χ2n) is 4.86. The Morgan fingerprint density at radius 2 is 2.00 bits per heavy atom. The molecule has 0 aromatic carbocycles. The number of aryl methyl sites for hydroxylation is 1. The molecule has 4 nitrogen and oxygen atoms in total. The summed E-state index contributed by atoms with van der Waals surface area (Å²) >= 11 is 1.84. The number of thiazole rings is 1. The van der Waals surface area contributed by atoms with Crippen LogP contribution in [0.3, 0.4) is 0 Å². The van der Waals surface area contributed by atoms with Crippen LogP contribution in [0.15, 0.2) is 0 Å². The summed E-state index contributed by atoms with van der Waals surface area (Å²) in [6, 6.07) is 0. The maximum Gasteiger partial charge on any atom is 0.185 e. The molecule has 0 amide bonds. The van der Waals surface area contributed by atoms with Crippen molar-refractivity contribution in [1.29, 1.82) is 0 Å². The van der Waals surface area contributed by atoms with Crippen molar-refractivity contribution >= 4 is 16.5 Å². The van der Waals surface area contributed by atoms with Gasteiger partial charge in [-0.1, -0.05) is 6.92 Å². The number of rotatable bonds is 5. The molecule has 18 heavy (non-hydrogen) atoms. The minimum Gasteiger partial charge on any atom is -0.346 e. The molecule has 0 unspecified atom stereocenters. The van der Waals surface area contributed by atoms with Crippen molar-refractivity contribution < 1.29 is 0 Å². The Kier molecular flexibility index (Phi) is 4.97. The molecule has 1 aliphatic heterocycles. The van der Waals surface area contributed by atoms with Gasteiger partial charge in [-0.2, -0.15) is 0 Å². The van der Waals surface area contributed by atoms with E-state index in [1.165, 1.54) is 41.8 Å². The lowest BCUT2D eigenvalue weighted by atomic mass is 10.3. The van der Waals surface area contributed by atoms with Crippen molar-refractivity contribution in [3.63, 3.8) is 0 Å². The summed E-state index contributed by atoms with van der Waals surface area (Å²) in [6.07, 6.45) is 1.25. The molecule has 5 heteroatoms. The van der Waals surface area contributed by atoms with Crippen LogP contribution in [0.1, 0.15) is 23.9 Å². The fourth-order valence-electron chi connectivity index (χ4n) is 2.35. The lowest BCUT2D eigenvalue weighted by molar-refractivity contribution is 0.258. The molecular formula is C13H24N4S. The Morgan fingerprint density at radius 1 is 1.28 bits per heavy atom. The largest absolute Gasteiger partial charge is 0.346 e. The number of anilines is 1. The zero-order valence-corrected chi connectivity index (χ0v) is 12.5. The molecule has 1 N–H and O–H groups in total. The minimum absolute atomic E-state index is 0.930. The Morgan fingerprint density at radius 3 is 2.61 bits per heavy atom. The van der Waals surface area contributed by atoms with Gasteiger partial charge >= 0.3 is 0 Å². The number of hydrogen-bond acceptors (Lipinski definition) is 5. The molecule has 0 bridgehead atoms. The molecule has 2 rings (SSSR count). The lowest BCUT2D eigenvalue weighted by Crippen LogP contribution is -2.46. The number of nitrogens with zero attached hydrogens (tertiary/aromatic N) is 3. The third-order valence-electron chi connectivity index (χ3n) is 3.40. The molecule has 1 aromatic heterocycles. The van der Waals surface area contributed by atoms with Crippen molar-refractivity contribution in [2.24, 2.45) is 0 Å². The summed E-state index contributed by atoms with van der Waals surface area (Å²) < 4.78 is 0. The van der Waals surface area contributed by atoms with E-state index in [0.29, 0.717) is 0 Å². The highest BCUT2D eigenvalue weighted by atomic mass is 32.1. The molecule has 102 valence electrons. The van der Waals surface area contributed by atoms with Gasteiger partial charge in [0.1, 0.15) is 0 Å². The second-order valence-corrected chi connectivity index (χ2v) is 5.93. The molecule has 0 saturated carbocycles. The highest BCUT2D eigenvalue weighted by molar-refractivity contribution is 7.15. The summed E-state index contributed by atoms with van der Waals surface area (Å²) in [6.45, 7) is 11.1. The molecule has 1 aliphatic rings. The van der Waals surface area contributed by atoms with E-state index in [-0.39, 0.29) is 0 Å². The highest BCUT2D eigenvalue weighted by Crippen LogP contribution is 2.26. The van der Waals surface area contributed by atoms with E-state index in [9.17, 15) is 0 Å². The van der Waals surface area contributed by atoms with Gasteiger partial charge in [-0.25, -0.2) is 4.98 Å². The van der Waals surface area contributed by atoms with E-state index in [1.54, 1.807) is 0 Å². The van der Waals surface area contributed by atoms with Crippen LogP contribution >= 0.6 is 11.3 Å². The summed E-state index contributed by atoms with van der Waals surface area (Å²) in [5.74, 6) is 0. The van der Waals surface area contributed by atoms with Crippen LogP contribution in [-0.2, 0) is 6.54 Å². The van der Waals surface area contributed by atoms with Crippen molar-refractivity contribution in [3.8, 4) is 0 Å². The number of hydrogen-bond donors (Lipinski definition) is 1. The van der Waals surface area contributed by atoms with Crippen molar-refractivity contribution in [2.45, 2.75) is 26.8 Å². The predicted molar refractivity (Wildman–Crippen MR) is 78.6 cm³/mol. The summed E-state index contributed by atoms with van der Waals surface area (Å²) in [5, 5.41) is 4.41. The van der Waals surface area contributed by atoms with Gasteiger partial charge in [0.05, 0.1) is 5.69 Å². The molecule has 1 aromatic rings. The first-order chi connectivity index (χ1) is 8.74. The van der Waals surface area contributed by atoms with Gasteiger partial charge in [0, 0.05) is 37.6 Å². The molecule has 2 heterocycles. The molecule has 1 fully saturated rings. The van der Waals surface area contributed by atoms with E-state index < -0.39 is 0 Å². The van der Waals surface area contributed by atoms with E-state index in [1.807, 2.05) is 18.4 Å². The summed E-state index contributed by atoms with van der Waals surface area (Å²) in [7, 11) is 1.99. The highest BCUT2D eigenvalue weighted by Gasteiger charge is 2.19. The van der Waals surface area contributed by atoms with Gasteiger partial charge < -0.3 is 10.2 Å². The predicted octanol–water partition coefficient (Wildman–Crippen LogP) is 1.70. The van der Waals surface area contributed by atoms with Gasteiger partial charge in [0.2, 0.25) is 0 Å². The van der Waals surface area contributed by atoms with E-state index >= 15 is 0 Å². The third kappa shape index (κ3) is 3.22. The summed E-state index contributed by atoms with van der Waals surface area (Å²) in [5.41, 5.74) is 1.18. The van der Waals surface area contributed by atoms with E-state index in [2.05, 4.69) is 29.0 Å². The smallest absolute Gasteiger partial charge is 0.185 e. The van der Waals surface area contributed by atoms with Crippen molar-refractivity contribution in [2.75, 3.05) is 44.7 Å². The lowest BCUT2D eigenvalue weighted by Gasteiger charge is -2.34. The Labute approximate surface area is 114 Å². The van der Waals surface area contributed by atoms with Gasteiger partial charge in [-0.3, -0.25) is 4.90 Å². The molecule has 0 spiro atoms. The van der Waals surface area contributed by atoms with E-state index in [0.717, 1.165) is 19.6 Å². The zero-order valence-electron chi connectivity index (χ0n) is 11.7. The van der Waals surface area contributed by atoms with Gasteiger partial charge in [-0.05, 0) is 26.9 Å². The molecule has 0 atom stereocenters. The van der Waals surface area contributed by atoms with Gasteiger partial charge in [0.25, 0.3) is 0 Å². The molecule has 1 saturated heterocycles. The first-order valence-electron chi connectivity index (χ1n) is 6.82. The van der Waals surface area contributed by atoms with E-state index in [4.69, 9.17) is 4.98 Å². The zero-order chi connectivity index (χ0) is 13.0. The maximum absolute atomic E-state index is 4.71. The topological polar surface area (TPSA) is 31.4 Å². The Bertz CT molecular complexity index is 369. The average Bonchev–Trinajstić information content (AvgIpc) is 2.73. The molecular weight excluding hydrogens is 244 g/mol. The third-order valence-corrected chi connectivity index (χ3v) is 4.62. The maximum atomic E-state index is 4.71. The SMILES string of the molecule is CCCN1CCN(c2nc(C)c(CNC)s2)CC1. The normalized spacial score (nSPS) is 17.4. The van der Waals surface area contributed by atoms with Crippen LogP contribution in [0.5, 0.6) is 0 Å². The quantitative estimate of drug-likeness (QED) is 0.881. The number of aromatic nitrogens is 1. The molecule has 0 radical (unpaired) electrons. The Balaban J connectivity index is 1.94. The second kappa shape index (κ2) is 6.50. The van der Waals surface area contributed by atoms with Crippen molar-refractivity contribution in [3.05, 3.63) is 10.6 Å². The van der Waals surface area contributed by atoms with Gasteiger partial charge in [0.15, 0.2) is 5.13 Å². The molecule has 0 aliphatic carbocycles. The number of nitrogens with one attached hydrogen (secondary N) is 1. The Hall–Kier alpha value is -0.650.